The van der Waals surface area contributed by atoms with Gasteiger partial charge in [0.15, 0.2) is 11.5 Å². The van der Waals surface area contributed by atoms with Crippen LogP contribution in [0.1, 0.15) is 39.9 Å². The summed E-state index contributed by atoms with van der Waals surface area (Å²) in [5.41, 5.74) is 0.122. The van der Waals surface area contributed by atoms with Gasteiger partial charge in [-0.05, 0) is 39.8 Å². The summed E-state index contributed by atoms with van der Waals surface area (Å²) in [4.78, 5) is 26.5. The molecule has 2 aromatic rings. The highest BCUT2D eigenvalue weighted by Gasteiger charge is 2.34. The van der Waals surface area contributed by atoms with E-state index in [-0.39, 0.29) is 29.9 Å². The van der Waals surface area contributed by atoms with Gasteiger partial charge in [0, 0.05) is 23.9 Å². The second-order valence-electron chi connectivity index (χ2n) is 7.29. The van der Waals surface area contributed by atoms with Crippen LogP contribution in [0.5, 0.6) is 0 Å². The molecule has 3 rings (SSSR count). The first-order valence-electron chi connectivity index (χ1n) is 8.47. The fourth-order valence-electron chi connectivity index (χ4n) is 3.00. The average Bonchev–Trinajstić information content (AvgIpc) is 2.92. The van der Waals surface area contributed by atoms with E-state index < -0.39 is 5.60 Å². The lowest BCUT2D eigenvalue weighted by Crippen LogP contribution is -2.42. The van der Waals surface area contributed by atoms with Gasteiger partial charge in [-0.15, -0.1) is 0 Å². The summed E-state index contributed by atoms with van der Waals surface area (Å²) in [7, 11) is 0. The lowest BCUT2D eigenvalue weighted by molar-refractivity contribution is -0.140. The van der Waals surface area contributed by atoms with Crippen molar-refractivity contribution in [1.82, 2.24) is 4.90 Å². The number of amides is 1. The molecule has 1 amide bonds. The van der Waals surface area contributed by atoms with E-state index in [1.807, 2.05) is 58.0 Å². The highest BCUT2D eigenvalue weighted by atomic mass is 16.5. The van der Waals surface area contributed by atoms with Gasteiger partial charge in [0.2, 0.25) is 0 Å². The number of rotatable bonds is 4. The molecule has 0 aliphatic carbocycles. The van der Waals surface area contributed by atoms with Gasteiger partial charge in [0.1, 0.15) is 16.9 Å². The Labute approximate surface area is 147 Å². The van der Waals surface area contributed by atoms with E-state index in [2.05, 4.69) is 0 Å². The topological polar surface area (TPSA) is 59.8 Å². The number of furan rings is 1. The van der Waals surface area contributed by atoms with E-state index in [0.29, 0.717) is 12.3 Å². The molecule has 0 saturated carbocycles. The van der Waals surface area contributed by atoms with Crippen LogP contribution < -0.4 is 0 Å². The van der Waals surface area contributed by atoms with Crippen molar-refractivity contribution >= 4 is 22.7 Å². The molecule has 0 bridgehead atoms. The van der Waals surface area contributed by atoms with Crippen LogP contribution >= 0.6 is 0 Å². The summed E-state index contributed by atoms with van der Waals surface area (Å²) < 4.78 is 11.6. The van der Waals surface area contributed by atoms with Crippen LogP contribution in [0.3, 0.4) is 0 Å². The van der Waals surface area contributed by atoms with Gasteiger partial charge in [-0.1, -0.05) is 18.2 Å². The number of hydrogen-bond donors (Lipinski definition) is 0. The maximum absolute atomic E-state index is 12.9. The van der Waals surface area contributed by atoms with Crippen molar-refractivity contribution in [2.45, 2.75) is 52.3 Å². The number of fused-ring (bicyclic) bond motifs is 1. The molecular formula is C20H23NO4. The van der Waals surface area contributed by atoms with E-state index in [9.17, 15) is 9.59 Å². The van der Waals surface area contributed by atoms with Crippen molar-refractivity contribution in [2.24, 2.45) is 0 Å². The third-order valence-electron chi connectivity index (χ3n) is 4.18. The van der Waals surface area contributed by atoms with Crippen LogP contribution in [0.25, 0.3) is 11.0 Å². The SMILES string of the molecule is CC(C)N(Cc1cc2ccccc2o1)C(=O)C1=CC(=O)CC(C)(C)O1. The Bertz CT molecular complexity index is 811. The number of hydrogen-bond acceptors (Lipinski definition) is 4. The first kappa shape index (κ1) is 17.3. The van der Waals surface area contributed by atoms with Crippen molar-refractivity contribution < 1.29 is 18.7 Å². The Morgan fingerprint density at radius 1 is 1.28 bits per heavy atom. The van der Waals surface area contributed by atoms with E-state index >= 15 is 0 Å². The predicted octanol–water partition coefficient (Wildman–Crippen LogP) is 3.82. The van der Waals surface area contributed by atoms with Gasteiger partial charge < -0.3 is 14.1 Å². The lowest BCUT2D eigenvalue weighted by Gasteiger charge is -2.33. The Morgan fingerprint density at radius 3 is 2.64 bits per heavy atom. The molecule has 25 heavy (non-hydrogen) atoms. The molecule has 0 radical (unpaired) electrons. The third kappa shape index (κ3) is 3.76. The normalized spacial score (nSPS) is 16.7. The van der Waals surface area contributed by atoms with Gasteiger partial charge >= 0.3 is 0 Å². The first-order valence-corrected chi connectivity index (χ1v) is 8.47. The quantitative estimate of drug-likeness (QED) is 0.848. The maximum Gasteiger partial charge on any atom is 0.289 e. The van der Waals surface area contributed by atoms with Crippen molar-refractivity contribution in [1.29, 1.82) is 0 Å². The zero-order chi connectivity index (χ0) is 18.2. The van der Waals surface area contributed by atoms with Crippen LogP contribution in [0.4, 0.5) is 0 Å². The number of carbonyl (C=O) groups excluding carboxylic acids is 2. The fraction of sp³-hybridized carbons (Fsp3) is 0.400. The average molecular weight is 341 g/mol. The van der Waals surface area contributed by atoms with Gasteiger partial charge in [-0.2, -0.15) is 0 Å². The van der Waals surface area contributed by atoms with Crippen molar-refractivity contribution in [2.75, 3.05) is 0 Å². The van der Waals surface area contributed by atoms with E-state index in [4.69, 9.17) is 9.15 Å². The second-order valence-corrected chi connectivity index (χ2v) is 7.29. The molecule has 2 heterocycles. The van der Waals surface area contributed by atoms with Crippen LogP contribution in [0.2, 0.25) is 0 Å². The fourth-order valence-corrected chi connectivity index (χ4v) is 3.00. The van der Waals surface area contributed by atoms with E-state index in [1.54, 1.807) is 4.90 Å². The Kier molecular flexibility index (Phi) is 4.41. The van der Waals surface area contributed by atoms with Crippen LogP contribution in [-0.2, 0) is 20.9 Å². The number of allylic oxidation sites excluding steroid dienone is 1. The van der Waals surface area contributed by atoms with Gasteiger partial charge in [0.25, 0.3) is 5.91 Å². The van der Waals surface area contributed by atoms with Gasteiger partial charge in [0.05, 0.1) is 6.54 Å². The summed E-state index contributed by atoms with van der Waals surface area (Å²) in [6.45, 7) is 7.79. The molecule has 0 atom stereocenters. The molecule has 1 aliphatic heterocycles. The minimum atomic E-state index is -0.668. The number of para-hydroxylation sites is 1. The Balaban J connectivity index is 1.85. The largest absolute Gasteiger partial charge is 0.481 e. The van der Waals surface area contributed by atoms with Gasteiger partial charge in [-0.25, -0.2) is 0 Å². The number of ether oxygens (including phenoxy) is 1. The monoisotopic (exact) mass is 341 g/mol. The number of ketones is 1. The molecule has 0 saturated heterocycles. The van der Waals surface area contributed by atoms with Crippen LogP contribution in [0, 0.1) is 0 Å². The predicted molar refractivity (Wildman–Crippen MR) is 94.8 cm³/mol. The molecule has 132 valence electrons. The van der Waals surface area contributed by atoms with E-state index in [0.717, 1.165) is 11.0 Å². The molecule has 5 nitrogen and oxygen atoms in total. The number of nitrogens with zero attached hydrogens (tertiary/aromatic N) is 1. The minimum absolute atomic E-state index is 0.0645. The molecule has 1 aliphatic rings. The van der Waals surface area contributed by atoms with Crippen LogP contribution in [-0.4, -0.2) is 28.2 Å². The molecule has 0 fully saturated rings. The minimum Gasteiger partial charge on any atom is -0.481 e. The smallest absolute Gasteiger partial charge is 0.289 e. The van der Waals surface area contributed by atoms with Crippen LogP contribution in [0.15, 0.2) is 46.6 Å². The van der Waals surface area contributed by atoms with Crippen molar-refractivity contribution in [3.05, 3.63) is 47.9 Å². The Morgan fingerprint density at radius 2 is 2.00 bits per heavy atom. The van der Waals surface area contributed by atoms with E-state index in [1.165, 1.54) is 6.08 Å². The van der Waals surface area contributed by atoms with Crippen molar-refractivity contribution in [3.63, 3.8) is 0 Å². The Hall–Kier alpha value is -2.56. The number of carbonyl (C=O) groups is 2. The summed E-state index contributed by atoms with van der Waals surface area (Å²) in [5, 5.41) is 0.998. The molecule has 0 unspecified atom stereocenters. The lowest BCUT2D eigenvalue weighted by atomic mass is 9.98. The second kappa shape index (κ2) is 6.39. The zero-order valence-corrected chi connectivity index (χ0v) is 15.0. The molecule has 1 aromatic heterocycles. The summed E-state index contributed by atoms with van der Waals surface area (Å²) >= 11 is 0. The molecule has 0 spiro atoms. The van der Waals surface area contributed by atoms with Crippen molar-refractivity contribution in [3.8, 4) is 0 Å². The zero-order valence-electron chi connectivity index (χ0n) is 15.0. The summed E-state index contributed by atoms with van der Waals surface area (Å²) in [6.07, 6.45) is 1.58. The highest BCUT2D eigenvalue weighted by Crippen LogP contribution is 2.27. The maximum atomic E-state index is 12.9. The standard InChI is InChI=1S/C20H23NO4/c1-13(2)21(12-16-9-14-7-5-6-8-17(14)24-16)19(23)18-10-15(22)11-20(3,4)25-18/h5-10,13H,11-12H2,1-4H3. The molecule has 1 aromatic carbocycles. The van der Waals surface area contributed by atoms with Gasteiger partial charge in [-0.3, -0.25) is 9.59 Å². The molecule has 0 N–H and O–H groups in total. The first-order chi connectivity index (χ1) is 11.7. The number of benzene rings is 1. The molecule has 5 heteroatoms. The molecular weight excluding hydrogens is 318 g/mol. The summed E-state index contributed by atoms with van der Waals surface area (Å²) in [5.74, 6) is 0.417. The third-order valence-corrected chi connectivity index (χ3v) is 4.18. The highest BCUT2D eigenvalue weighted by molar-refractivity contribution is 6.01. The summed E-state index contributed by atoms with van der Waals surface area (Å²) in [6, 6.07) is 9.59.